The summed E-state index contributed by atoms with van der Waals surface area (Å²) in [6, 6.07) is 0. The molecule has 1 aromatic heterocycles. The van der Waals surface area contributed by atoms with Gasteiger partial charge < -0.3 is 15.4 Å². The summed E-state index contributed by atoms with van der Waals surface area (Å²) in [5.74, 6) is 0.248. The quantitative estimate of drug-likeness (QED) is 0.617. The Labute approximate surface area is 104 Å². The van der Waals surface area contributed by atoms with Crippen molar-refractivity contribution in [2.75, 3.05) is 30.8 Å². The number of hydrogen-bond donors (Lipinski definition) is 1. The van der Waals surface area contributed by atoms with E-state index in [0.29, 0.717) is 6.54 Å². The zero-order valence-corrected chi connectivity index (χ0v) is 10.1. The van der Waals surface area contributed by atoms with Crippen LogP contribution in [0.4, 0.5) is 17.5 Å². The molecule has 0 saturated carbocycles. The smallest absolute Gasteiger partial charge is 0.329 e. The molecule has 1 aliphatic heterocycles. The molecule has 1 saturated heterocycles. The fourth-order valence-corrected chi connectivity index (χ4v) is 1.97. The molecular weight excluding hydrogens is 238 g/mol. The van der Waals surface area contributed by atoms with Crippen LogP contribution in [0.5, 0.6) is 0 Å². The first-order valence-electron chi connectivity index (χ1n) is 5.67. The van der Waals surface area contributed by atoms with Crippen LogP contribution in [0.3, 0.4) is 0 Å². The summed E-state index contributed by atoms with van der Waals surface area (Å²) in [5.41, 5.74) is 5.32. The van der Waals surface area contributed by atoms with E-state index in [0.717, 1.165) is 25.6 Å². The van der Waals surface area contributed by atoms with Gasteiger partial charge in [-0.1, -0.05) is 0 Å². The van der Waals surface area contributed by atoms with Crippen molar-refractivity contribution in [3.8, 4) is 0 Å². The number of rotatable bonds is 4. The molecule has 1 fully saturated rings. The molecule has 0 radical (unpaired) electrons. The Balaban J connectivity index is 2.19. The highest BCUT2D eigenvalue weighted by Gasteiger charge is 2.24. The van der Waals surface area contributed by atoms with Gasteiger partial charge >= 0.3 is 5.69 Å². The molecule has 1 aliphatic rings. The summed E-state index contributed by atoms with van der Waals surface area (Å²) < 4.78 is 5.49. The lowest BCUT2D eigenvalue weighted by Gasteiger charge is -2.21. The highest BCUT2D eigenvalue weighted by atomic mass is 16.6. The molecule has 8 nitrogen and oxygen atoms in total. The number of nitrogen functional groups attached to an aromatic ring is 1. The molecule has 1 unspecified atom stereocenters. The molecule has 0 amide bonds. The molecule has 0 spiro atoms. The van der Waals surface area contributed by atoms with Gasteiger partial charge in [-0.25, -0.2) is 4.98 Å². The molecule has 8 heteroatoms. The predicted molar refractivity (Wildman–Crippen MR) is 65.3 cm³/mol. The maximum atomic E-state index is 10.9. The molecule has 2 rings (SSSR count). The molecule has 0 bridgehead atoms. The van der Waals surface area contributed by atoms with Gasteiger partial charge in [0.05, 0.1) is 11.0 Å². The number of aromatic nitrogens is 2. The summed E-state index contributed by atoms with van der Waals surface area (Å²) in [5, 5.41) is 10.9. The first kappa shape index (κ1) is 12.5. The van der Waals surface area contributed by atoms with E-state index in [2.05, 4.69) is 9.97 Å². The largest absolute Gasteiger partial charge is 0.376 e. The number of nitro groups is 1. The van der Waals surface area contributed by atoms with Gasteiger partial charge in [0.2, 0.25) is 11.8 Å². The Hall–Kier alpha value is -1.96. The number of likely N-dealkylation sites (N-methyl/N-ethyl adjacent to an activating group) is 1. The molecule has 0 aliphatic carbocycles. The Morgan fingerprint density at radius 3 is 3.11 bits per heavy atom. The van der Waals surface area contributed by atoms with Crippen LogP contribution in [-0.2, 0) is 4.74 Å². The fourth-order valence-electron chi connectivity index (χ4n) is 1.97. The zero-order chi connectivity index (χ0) is 13.1. The maximum Gasteiger partial charge on any atom is 0.329 e. The minimum absolute atomic E-state index is 0.0230. The van der Waals surface area contributed by atoms with E-state index in [1.165, 1.54) is 0 Å². The Bertz CT molecular complexity index is 447. The van der Waals surface area contributed by atoms with Crippen LogP contribution in [0.25, 0.3) is 0 Å². The highest BCUT2D eigenvalue weighted by molar-refractivity contribution is 5.57. The lowest BCUT2D eigenvalue weighted by molar-refractivity contribution is -0.384. The van der Waals surface area contributed by atoms with Crippen LogP contribution in [0.15, 0.2) is 6.20 Å². The number of anilines is 2. The van der Waals surface area contributed by atoms with Crippen molar-refractivity contribution in [3.05, 3.63) is 16.3 Å². The van der Waals surface area contributed by atoms with Crippen LogP contribution >= 0.6 is 0 Å². The number of ether oxygens (including phenoxy) is 1. The second kappa shape index (κ2) is 5.13. The first-order valence-corrected chi connectivity index (χ1v) is 5.67. The van der Waals surface area contributed by atoms with E-state index in [1.807, 2.05) is 0 Å². The van der Waals surface area contributed by atoms with Crippen LogP contribution in [0, 0.1) is 10.1 Å². The van der Waals surface area contributed by atoms with E-state index >= 15 is 0 Å². The third-order valence-corrected chi connectivity index (χ3v) is 2.83. The average molecular weight is 253 g/mol. The fraction of sp³-hybridized carbons (Fsp3) is 0.600. The van der Waals surface area contributed by atoms with Gasteiger partial charge in [-0.3, -0.25) is 10.1 Å². The van der Waals surface area contributed by atoms with Gasteiger partial charge in [-0.15, -0.1) is 0 Å². The van der Waals surface area contributed by atoms with Crippen molar-refractivity contribution in [1.29, 1.82) is 0 Å². The van der Waals surface area contributed by atoms with Crippen molar-refractivity contribution in [2.24, 2.45) is 0 Å². The third-order valence-electron chi connectivity index (χ3n) is 2.83. The van der Waals surface area contributed by atoms with Gasteiger partial charge in [0, 0.05) is 20.2 Å². The topological polar surface area (TPSA) is 107 Å². The van der Waals surface area contributed by atoms with Gasteiger partial charge in [0.25, 0.3) is 0 Å². The van der Waals surface area contributed by atoms with Crippen molar-refractivity contribution in [2.45, 2.75) is 18.9 Å². The zero-order valence-electron chi connectivity index (χ0n) is 10.1. The minimum Gasteiger partial charge on any atom is -0.376 e. The standard InChI is InChI=1S/C10H15N5O3/c1-14(6-7-3-2-4-18-7)9-8(15(16)17)5-12-10(11)13-9/h5,7H,2-4,6H2,1H3,(H2,11,12,13). The van der Waals surface area contributed by atoms with Gasteiger partial charge in [0.15, 0.2) is 0 Å². The maximum absolute atomic E-state index is 10.9. The molecule has 2 heterocycles. The van der Waals surface area contributed by atoms with E-state index in [-0.39, 0.29) is 23.6 Å². The number of nitrogens with two attached hydrogens (primary N) is 1. The van der Waals surface area contributed by atoms with E-state index in [1.54, 1.807) is 11.9 Å². The molecule has 1 aromatic rings. The second-order valence-corrected chi connectivity index (χ2v) is 4.21. The van der Waals surface area contributed by atoms with E-state index in [9.17, 15) is 10.1 Å². The van der Waals surface area contributed by atoms with Gasteiger partial charge in [0.1, 0.15) is 6.20 Å². The molecular formula is C10H15N5O3. The van der Waals surface area contributed by atoms with Crippen LogP contribution < -0.4 is 10.6 Å². The van der Waals surface area contributed by atoms with Crippen molar-refractivity contribution >= 4 is 17.5 Å². The van der Waals surface area contributed by atoms with E-state index in [4.69, 9.17) is 10.5 Å². The first-order chi connectivity index (χ1) is 8.58. The van der Waals surface area contributed by atoms with Crippen molar-refractivity contribution in [1.82, 2.24) is 9.97 Å². The molecule has 1 atom stereocenters. The summed E-state index contributed by atoms with van der Waals surface area (Å²) in [4.78, 5) is 19.6. The van der Waals surface area contributed by atoms with Gasteiger partial charge in [-0.2, -0.15) is 4.98 Å². The summed E-state index contributed by atoms with van der Waals surface area (Å²) in [7, 11) is 1.73. The Kier molecular flexibility index (Phi) is 3.56. The molecule has 0 aromatic carbocycles. The Morgan fingerprint density at radius 1 is 1.72 bits per heavy atom. The normalized spacial score (nSPS) is 18.8. The molecule has 2 N–H and O–H groups in total. The Morgan fingerprint density at radius 2 is 2.50 bits per heavy atom. The van der Waals surface area contributed by atoms with Crippen LogP contribution in [0.2, 0.25) is 0 Å². The van der Waals surface area contributed by atoms with Crippen molar-refractivity contribution in [3.63, 3.8) is 0 Å². The van der Waals surface area contributed by atoms with Crippen LogP contribution in [0.1, 0.15) is 12.8 Å². The summed E-state index contributed by atoms with van der Waals surface area (Å²) in [6.45, 7) is 1.30. The van der Waals surface area contributed by atoms with Crippen LogP contribution in [-0.4, -0.2) is 41.2 Å². The predicted octanol–water partition coefficient (Wildman–Crippen LogP) is 0.582. The van der Waals surface area contributed by atoms with E-state index < -0.39 is 4.92 Å². The lowest BCUT2D eigenvalue weighted by atomic mass is 10.2. The van der Waals surface area contributed by atoms with Gasteiger partial charge in [-0.05, 0) is 12.8 Å². The monoisotopic (exact) mass is 253 g/mol. The summed E-state index contributed by atoms with van der Waals surface area (Å²) in [6.07, 6.45) is 3.19. The summed E-state index contributed by atoms with van der Waals surface area (Å²) >= 11 is 0. The van der Waals surface area contributed by atoms with Crippen molar-refractivity contribution < 1.29 is 9.66 Å². The molecule has 98 valence electrons. The SMILES string of the molecule is CN(CC1CCCO1)c1nc(N)ncc1[N+](=O)[O-]. The minimum atomic E-state index is -0.513. The number of hydrogen-bond acceptors (Lipinski definition) is 7. The average Bonchev–Trinajstić information content (AvgIpc) is 2.81. The molecule has 18 heavy (non-hydrogen) atoms. The highest BCUT2D eigenvalue weighted by Crippen LogP contribution is 2.25. The lowest BCUT2D eigenvalue weighted by Crippen LogP contribution is -2.30. The third kappa shape index (κ3) is 2.65. The number of nitrogens with zero attached hydrogens (tertiary/aromatic N) is 4. The second-order valence-electron chi connectivity index (χ2n) is 4.21.